The molecule has 0 aliphatic rings. The van der Waals surface area contributed by atoms with Crippen LogP contribution in [0.3, 0.4) is 0 Å². The summed E-state index contributed by atoms with van der Waals surface area (Å²) in [5.41, 5.74) is 4.13. The molecule has 1 N–H and O–H groups in total. The third kappa shape index (κ3) is 3.04. The highest BCUT2D eigenvalue weighted by Crippen LogP contribution is 2.18. The van der Waals surface area contributed by atoms with E-state index in [1.165, 1.54) is 16.6 Å². The van der Waals surface area contributed by atoms with E-state index in [-0.39, 0.29) is 6.54 Å². The summed E-state index contributed by atoms with van der Waals surface area (Å²) in [7, 11) is 0. The monoisotopic (exact) mass is 316 g/mol. The van der Waals surface area contributed by atoms with Gasteiger partial charge in [-0.3, -0.25) is 0 Å². The van der Waals surface area contributed by atoms with Gasteiger partial charge in [-0.25, -0.2) is 4.98 Å². The molecule has 0 saturated heterocycles. The molecular formula is C14H16N6O3. The third-order valence-corrected chi connectivity index (χ3v) is 3.73. The number of imidazole rings is 1. The Bertz CT molecular complexity index is 869. The van der Waals surface area contributed by atoms with Gasteiger partial charge in [-0.1, -0.05) is 4.98 Å². The van der Waals surface area contributed by atoms with Crippen LogP contribution in [0.4, 0.5) is 5.95 Å². The predicted molar refractivity (Wildman–Crippen MR) is 81.9 cm³/mol. The number of benzene rings is 1. The van der Waals surface area contributed by atoms with Crippen LogP contribution in [0.2, 0.25) is 0 Å². The number of hydrogen-bond acceptors (Lipinski definition) is 6. The van der Waals surface area contributed by atoms with Crippen LogP contribution in [0.1, 0.15) is 11.1 Å². The lowest BCUT2D eigenvalue weighted by molar-refractivity contribution is -0.394. The zero-order chi connectivity index (χ0) is 16.6. The lowest BCUT2D eigenvalue weighted by Crippen LogP contribution is -2.22. The van der Waals surface area contributed by atoms with Crippen LogP contribution < -0.4 is 0 Å². The van der Waals surface area contributed by atoms with E-state index in [1.54, 1.807) is 6.33 Å². The van der Waals surface area contributed by atoms with Crippen molar-refractivity contribution in [3.8, 4) is 0 Å². The molecule has 0 bridgehead atoms. The molecule has 2 aromatic heterocycles. The zero-order valence-corrected chi connectivity index (χ0v) is 12.7. The van der Waals surface area contributed by atoms with Gasteiger partial charge in [0, 0.05) is 5.10 Å². The Hall–Kier alpha value is -2.81. The van der Waals surface area contributed by atoms with Gasteiger partial charge in [0.25, 0.3) is 0 Å². The van der Waals surface area contributed by atoms with Crippen molar-refractivity contribution in [3.05, 3.63) is 46.0 Å². The maximum absolute atomic E-state index is 10.6. The molecule has 0 fully saturated rings. The standard InChI is InChI=1S/C14H16N6O3/c1-9-3-12-13(4-10(9)2)18(7-15-12)5-11(21)6-19-8-16-14(17-19)20(22)23/h3-4,7-8,11,21H,5-6H2,1-2H3/t11-/m0/s1. The first-order chi connectivity index (χ1) is 10.9. The molecule has 2 heterocycles. The predicted octanol–water partition coefficient (Wildman–Crippen LogP) is 1.21. The molecule has 0 aliphatic heterocycles. The molecule has 0 spiro atoms. The first-order valence-electron chi connectivity index (χ1n) is 7.08. The molecule has 23 heavy (non-hydrogen) atoms. The Balaban J connectivity index is 1.75. The molecule has 1 atom stereocenters. The summed E-state index contributed by atoms with van der Waals surface area (Å²) in [5.74, 6) is -0.476. The largest absolute Gasteiger partial charge is 0.490 e. The van der Waals surface area contributed by atoms with Gasteiger partial charge in [0.05, 0.1) is 36.6 Å². The molecule has 0 radical (unpaired) electrons. The van der Waals surface area contributed by atoms with E-state index in [1.807, 2.05) is 30.5 Å². The van der Waals surface area contributed by atoms with E-state index in [0.29, 0.717) is 6.54 Å². The molecule has 0 unspecified atom stereocenters. The number of fused-ring (bicyclic) bond motifs is 1. The number of aromatic nitrogens is 5. The third-order valence-electron chi connectivity index (χ3n) is 3.73. The average Bonchev–Trinajstić information content (AvgIpc) is 3.08. The van der Waals surface area contributed by atoms with Crippen molar-refractivity contribution in [1.29, 1.82) is 0 Å². The summed E-state index contributed by atoms with van der Waals surface area (Å²) < 4.78 is 3.12. The number of nitro groups is 1. The first-order valence-corrected chi connectivity index (χ1v) is 7.08. The van der Waals surface area contributed by atoms with Crippen LogP contribution in [-0.2, 0) is 13.1 Å². The molecule has 3 rings (SSSR count). The Morgan fingerprint density at radius 2 is 1.96 bits per heavy atom. The van der Waals surface area contributed by atoms with Gasteiger partial charge < -0.3 is 19.8 Å². The number of aliphatic hydroxyl groups is 1. The van der Waals surface area contributed by atoms with E-state index in [4.69, 9.17) is 0 Å². The van der Waals surface area contributed by atoms with Crippen LogP contribution >= 0.6 is 0 Å². The number of aliphatic hydroxyl groups excluding tert-OH is 1. The second-order valence-electron chi connectivity index (χ2n) is 5.50. The van der Waals surface area contributed by atoms with Gasteiger partial charge in [-0.2, -0.15) is 4.68 Å². The van der Waals surface area contributed by atoms with Crippen molar-refractivity contribution >= 4 is 17.0 Å². The fraction of sp³-hybridized carbons (Fsp3) is 0.357. The van der Waals surface area contributed by atoms with Crippen LogP contribution in [0.5, 0.6) is 0 Å². The van der Waals surface area contributed by atoms with Gasteiger partial charge in [-0.05, 0) is 42.0 Å². The van der Waals surface area contributed by atoms with Crippen LogP contribution in [0.25, 0.3) is 11.0 Å². The molecule has 0 saturated carbocycles. The minimum Gasteiger partial charge on any atom is -0.390 e. The highest BCUT2D eigenvalue weighted by atomic mass is 16.6. The summed E-state index contributed by atoms with van der Waals surface area (Å²) in [6.45, 7) is 4.48. The van der Waals surface area contributed by atoms with Gasteiger partial charge in [0.2, 0.25) is 6.33 Å². The van der Waals surface area contributed by atoms with Gasteiger partial charge in [-0.15, -0.1) is 0 Å². The number of rotatable bonds is 5. The molecule has 120 valence electrons. The maximum atomic E-state index is 10.6. The van der Waals surface area contributed by atoms with Gasteiger partial charge in [0.15, 0.2) is 0 Å². The number of aryl methyl sites for hydroxylation is 2. The molecule has 1 aromatic carbocycles. The topological polar surface area (TPSA) is 112 Å². The van der Waals surface area contributed by atoms with Crippen LogP contribution in [-0.4, -0.2) is 40.4 Å². The van der Waals surface area contributed by atoms with Gasteiger partial charge in [0.1, 0.15) is 0 Å². The highest BCUT2D eigenvalue weighted by Gasteiger charge is 2.16. The number of hydrogen-bond donors (Lipinski definition) is 1. The second-order valence-corrected chi connectivity index (χ2v) is 5.50. The summed E-state index contributed by atoms with van der Waals surface area (Å²) in [6.07, 6.45) is 2.15. The van der Waals surface area contributed by atoms with Crippen LogP contribution in [0.15, 0.2) is 24.8 Å². The first kappa shape index (κ1) is 15.1. The lowest BCUT2D eigenvalue weighted by atomic mass is 10.1. The van der Waals surface area contributed by atoms with Crippen molar-refractivity contribution < 1.29 is 10.0 Å². The van der Waals surface area contributed by atoms with Crippen molar-refractivity contribution in [2.45, 2.75) is 33.0 Å². The summed E-state index contributed by atoms with van der Waals surface area (Å²) in [5, 5.41) is 24.4. The highest BCUT2D eigenvalue weighted by molar-refractivity contribution is 5.77. The van der Waals surface area contributed by atoms with E-state index < -0.39 is 17.0 Å². The molecule has 0 amide bonds. The fourth-order valence-electron chi connectivity index (χ4n) is 2.42. The lowest BCUT2D eigenvalue weighted by Gasteiger charge is -2.11. The zero-order valence-electron chi connectivity index (χ0n) is 12.7. The maximum Gasteiger partial charge on any atom is 0.490 e. The van der Waals surface area contributed by atoms with Crippen LogP contribution in [0, 0.1) is 24.0 Å². The van der Waals surface area contributed by atoms with E-state index in [2.05, 4.69) is 15.1 Å². The quantitative estimate of drug-likeness (QED) is 0.559. The van der Waals surface area contributed by atoms with E-state index in [9.17, 15) is 15.2 Å². The average molecular weight is 316 g/mol. The Morgan fingerprint density at radius 3 is 2.65 bits per heavy atom. The molecule has 9 heteroatoms. The number of nitrogens with zero attached hydrogens (tertiary/aromatic N) is 6. The minimum absolute atomic E-state index is 0.116. The van der Waals surface area contributed by atoms with Gasteiger partial charge >= 0.3 is 5.95 Å². The SMILES string of the molecule is Cc1cc2ncn(C[C@H](O)Cn3cnc([N+](=O)[O-])n3)c2cc1C. The Labute approximate surface area is 131 Å². The molecular weight excluding hydrogens is 300 g/mol. The van der Waals surface area contributed by atoms with Crippen molar-refractivity contribution in [2.24, 2.45) is 0 Å². The Morgan fingerprint density at radius 1 is 1.22 bits per heavy atom. The van der Waals surface area contributed by atoms with Crippen molar-refractivity contribution in [1.82, 2.24) is 24.3 Å². The van der Waals surface area contributed by atoms with Crippen molar-refractivity contribution in [3.63, 3.8) is 0 Å². The smallest absolute Gasteiger partial charge is 0.390 e. The normalized spacial score (nSPS) is 12.7. The van der Waals surface area contributed by atoms with E-state index >= 15 is 0 Å². The second kappa shape index (κ2) is 5.76. The van der Waals surface area contributed by atoms with Crippen molar-refractivity contribution in [2.75, 3.05) is 0 Å². The molecule has 9 nitrogen and oxygen atoms in total. The minimum atomic E-state index is -0.768. The Kier molecular flexibility index (Phi) is 3.78. The molecule has 3 aromatic rings. The summed E-state index contributed by atoms with van der Waals surface area (Å²) in [4.78, 5) is 17.8. The summed E-state index contributed by atoms with van der Waals surface area (Å²) >= 11 is 0. The molecule has 0 aliphatic carbocycles. The fourth-order valence-corrected chi connectivity index (χ4v) is 2.42. The summed E-state index contributed by atoms with van der Waals surface area (Å²) in [6, 6.07) is 4.04. The van der Waals surface area contributed by atoms with E-state index in [0.717, 1.165) is 16.6 Å².